The SMILES string of the molecule is C=Cc1c(/C=C\C)c2ccc(C)cc2c2ccccc12. The van der Waals surface area contributed by atoms with Gasteiger partial charge in [-0.3, -0.25) is 0 Å². The number of aryl methyl sites for hydroxylation is 1. The number of hydrogen-bond acceptors (Lipinski definition) is 0. The molecule has 0 aliphatic carbocycles. The lowest BCUT2D eigenvalue weighted by molar-refractivity contribution is 1.51. The fourth-order valence-electron chi connectivity index (χ4n) is 2.92. The van der Waals surface area contributed by atoms with Gasteiger partial charge in [-0.25, -0.2) is 0 Å². The summed E-state index contributed by atoms with van der Waals surface area (Å²) in [5, 5.41) is 5.18. The number of fused-ring (bicyclic) bond motifs is 3. The molecule has 0 aliphatic rings. The highest BCUT2D eigenvalue weighted by Crippen LogP contribution is 2.34. The van der Waals surface area contributed by atoms with Crippen molar-refractivity contribution in [1.82, 2.24) is 0 Å². The minimum absolute atomic E-state index is 1.22. The van der Waals surface area contributed by atoms with E-state index in [2.05, 4.69) is 75.0 Å². The molecule has 0 fully saturated rings. The molecule has 20 heavy (non-hydrogen) atoms. The van der Waals surface area contributed by atoms with Crippen LogP contribution in [0.2, 0.25) is 0 Å². The topological polar surface area (TPSA) is 0 Å². The third kappa shape index (κ3) is 1.85. The van der Waals surface area contributed by atoms with Gasteiger partial charge in [0, 0.05) is 0 Å². The maximum atomic E-state index is 4.01. The van der Waals surface area contributed by atoms with Gasteiger partial charge in [0.1, 0.15) is 0 Å². The zero-order chi connectivity index (χ0) is 14.1. The van der Waals surface area contributed by atoms with Crippen molar-refractivity contribution in [3.8, 4) is 0 Å². The van der Waals surface area contributed by atoms with Gasteiger partial charge in [-0.15, -0.1) is 0 Å². The molecule has 0 unspecified atom stereocenters. The van der Waals surface area contributed by atoms with E-state index < -0.39 is 0 Å². The first kappa shape index (κ1) is 12.7. The van der Waals surface area contributed by atoms with Crippen LogP contribution in [-0.4, -0.2) is 0 Å². The fourth-order valence-corrected chi connectivity index (χ4v) is 2.92. The number of allylic oxidation sites excluding steroid dienone is 1. The summed E-state index contributed by atoms with van der Waals surface area (Å²) in [4.78, 5) is 0. The monoisotopic (exact) mass is 258 g/mol. The molecule has 0 heterocycles. The molecule has 0 spiro atoms. The van der Waals surface area contributed by atoms with Crippen LogP contribution in [-0.2, 0) is 0 Å². The Morgan fingerprint density at radius 1 is 0.850 bits per heavy atom. The molecule has 0 radical (unpaired) electrons. The van der Waals surface area contributed by atoms with Crippen molar-refractivity contribution in [3.63, 3.8) is 0 Å². The first-order valence-corrected chi connectivity index (χ1v) is 6.96. The molecular weight excluding hydrogens is 240 g/mol. The van der Waals surface area contributed by atoms with E-state index in [0.29, 0.717) is 0 Å². The van der Waals surface area contributed by atoms with E-state index in [1.807, 2.05) is 6.08 Å². The van der Waals surface area contributed by atoms with Crippen LogP contribution in [0.15, 0.2) is 55.1 Å². The van der Waals surface area contributed by atoms with Gasteiger partial charge in [0.25, 0.3) is 0 Å². The van der Waals surface area contributed by atoms with Crippen molar-refractivity contribution in [2.45, 2.75) is 13.8 Å². The largest absolute Gasteiger partial charge is 0.0984 e. The van der Waals surface area contributed by atoms with Crippen molar-refractivity contribution >= 4 is 33.7 Å². The van der Waals surface area contributed by atoms with E-state index in [9.17, 15) is 0 Å². The predicted octanol–water partition coefficient (Wildman–Crippen LogP) is 5.98. The molecule has 0 heteroatoms. The fraction of sp³-hybridized carbons (Fsp3) is 0.100. The van der Waals surface area contributed by atoms with E-state index in [4.69, 9.17) is 0 Å². The minimum atomic E-state index is 1.22. The van der Waals surface area contributed by atoms with Gasteiger partial charge in [-0.2, -0.15) is 0 Å². The lowest BCUT2D eigenvalue weighted by Crippen LogP contribution is -1.89. The smallest absolute Gasteiger partial charge is 0.00963 e. The molecule has 0 nitrogen and oxygen atoms in total. The number of hydrogen-bond donors (Lipinski definition) is 0. The summed E-state index contributed by atoms with van der Waals surface area (Å²) in [5.41, 5.74) is 3.77. The lowest BCUT2D eigenvalue weighted by atomic mass is 9.90. The highest BCUT2D eigenvalue weighted by atomic mass is 14.1. The predicted molar refractivity (Wildman–Crippen MR) is 91.0 cm³/mol. The quantitative estimate of drug-likeness (QED) is 0.496. The summed E-state index contributed by atoms with van der Waals surface area (Å²) >= 11 is 0. The normalized spacial score (nSPS) is 11.5. The van der Waals surface area contributed by atoms with Gasteiger partial charge in [-0.1, -0.05) is 72.8 Å². The van der Waals surface area contributed by atoms with Crippen LogP contribution in [0.3, 0.4) is 0 Å². The second-order valence-electron chi connectivity index (χ2n) is 5.13. The highest BCUT2D eigenvalue weighted by molar-refractivity contribution is 6.14. The zero-order valence-corrected chi connectivity index (χ0v) is 12.0. The molecule has 0 saturated heterocycles. The summed E-state index contributed by atoms with van der Waals surface area (Å²) in [7, 11) is 0. The Kier molecular flexibility index (Phi) is 3.15. The molecular formula is C20H18. The molecule has 3 aromatic carbocycles. The maximum absolute atomic E-state index is 4.01. The van der Waals surface area contributed by atoms with Gasteiger partial charge in [0.2, 0.25) is 0 Å². The third-order valence-corrected chi connectivity index (χ3v) is 3.80. The van der Waals surface area contributed by atoms with Crippen LogP contribution in [0.25, 0.3) is 33.7 Å². The van der Waals surface area contributed by atoms with Crippen molar-refractivity contribution in [2.75, 3.05) is 0 Å². The van der Waals surface area contributed by atoms with Crippen LogP contribution in [0.1, 0.15) is 23.6 Å². The molecule has 0 N–H and O–H groups in total. The van der Waals surface area contributed by atoms with Crippen LogP contribution in [0, 0.1) is 6.92 Å². The number of benzene rings is 3. The Balaban J connectivity index is 2.64. The molecule has 98 valence electrons. The van der Waals surface area contributed by atoms with Crippen molar-refractivity contribution in [3.05, 3.63) is 71.8 Å². The average molecular weight is 258 g/mol. The summed E-state index contributed by atoms with van der Waals surface area (Å²) in [6.45, 7) is 8.22. The Morgan fingerprint density at radius 3 is 2.25 bits per heavy atom. The second kappa shape index (κ2) is 4.97. The van der Waals surface area contributed by atoms with Gasteiger partial charge >= 0.3 is 0 Å². The van der Waals surface area contributed by atoms with E-state index in [-0.39, 0.29) is 0 Å². The summed E-state index contributed by atoms with van der Waals surface area (Å²) in [5.74, 6) is 0. The molecule has 0 saturated carbocycles. The van der Waals surface area contributed by atoms with Crippen LogP contribution in [0.4, 0.5) is 0 Å². The molecule has 0 aliphatic heterocycles. The van der Waals surface area contributed by atoms with Crippen LogP contribution >= 0.6 is 0 Å². The second-order valence-corrected chi connectivity index (χ2v) is 5.13. The minimum Gasteiger partial charge on any atom is -0.0984 e. The first-order chi connectivity index (χ1) is 9.76. The molecule has 3 rings (SSSR count). The third-order valence-electron chi connectivity index (χ3n) is 3.80. The first-order valence-electron chi connectivity index (χ1n) is 6.96. The summed E-state index contributed by atoms with van der Waals surface area (Å²) < 4.78 is 0. The Labute approximate surface area is 120 Å². The van der Waals surface area contributed by atoms with Gasteiger partial charge in [0.15, 0.2) is 0 Å². The summed E-state index contributed by atoms with van der Waals surface area (Å²) in [6.07, 6.45) is 6.24. The van der Waals surface area contributed by atoms with Gasteiger partial charge in [0.05, 0.1) is 0 Å². The van der Waals surface area contributed by atoms with Crippen molar-refractivity contribution in [1.29, 1.82) is 0 Å². The molecule has 0 aromatic heterocycles. The van der Waals surface area contributed by atoms with Gasteiger partial charge < -0.3 is 0 Å². The van der Waals surface area contributed by atoms with E-state index in [1.54, 1.807) is 0 Å². The maximum Gasteiger partial charge on any atom is -0.00963 e. The van der Waals surface area contributed by atoms with E-state index in [1.165, 1.54) is 38.2 Å². The summed E-state index contributed by atoms with van der Waals surface area (Å²) in [6, 6.07) is 15.3. The Morgan fingerprint density at radius 2 is 1.55 bits per heavy atom. The molecule has 0 amide bonds. The van der Waals surface area contributed by atoms with Crippen LogP contribution in [0.5, 0.6) is 0 Å². The highest BCUT2D eigenvalue weighted by Gasteiger charge is 2.10. The lowest BCUT2D eigenvalue weighted by Gasteiger charge is -2.13. The van der Waals surface area contributed by atoms with E-state index >= 15 is 0 Å². The van der Waals surface area contributed by atoms with Gasteiger partial charge in [-0.05, 0) is 46.5 Å². The zero-order valence-electron chi connectivity index (χ0n) is 12.0. The molecule has 0 bridgehead atoms. The Bertz CT molecular complexity index is 835. The van der Waals surface area contributed by atoms with Crippen molar-refractivity contribution in [2.24, 2.45) is 0 Å². The standard InChI is InChI=1S/C20H18/c1-4-8-16-15(5-2)17-9-6-7-10-18(17)20-13-14(3)11-12-19(16)20/h4-13H,2H2,1,3H3/b8-4-. The molecule has 3 aromatic rings. The van der Waals surface area contributed by atoms with E-state index in [0.717, 1.165) is 0 Å². The average Bonchev–Trinajstić information content (AvgIpc) is 2.47. The van der Waals surface area contributed by atoms with Crippen molar-refractivity contribution < 1.29 is 0 Å². The molecule has 0 atom stereocenters. The van der Waals surface area contributed by atoms with Crippen LogP contribution < -0.4 is 0 Å². The Hall–Kier alpha value is -2.34. The number of rotatable bonds is 2.